The molecule has 0 aliphatic carbocycles. The number of aryl methyl sites for hydroxylation is 2. The third-order valence-corrected chi connectivity index (χ3v) is 6.15. The van der Waals surface area contributed by atoms with Crippen molar-refractivity contribution in [3.05, 3.63) is 29.3 Å². The summed E-state index contributed by atoms with van der Waals surface area (Å²) in [5.74, 6) is 0.0602. The van der Waals surface area contributed by atoms with E-state index in [0.29, 0.717) is 11.7 Å². The Labute approximate surface area is 152 Å². The Morgan fingerprint density at radius 1 is 1.28 bits per heavy atom. The lowest BCUT2D eigenvalue weighted by molar-refractivity contribution is -0.134. The van der Waals surface area contributed by atoms with Crippen LogP contribution >= 0.6 is 0 Å². The molecule has 1 amide bonds. The van der Waals surface area contributed by atoms with E-state index in [0.717, 1.165) is 36.9 Å². The van der Waals surface area contributed by atoms with Crippen molar-refractivity contribution in [2.24, 2.45) is 0 Å². The Morgan fingerprint density at radius 3 is 2.60 bits per heavy atom. The van der Waals surface area contributed by atoms with Crippen LogP contribution in [0.5, 0.6) is 0 Å². The minimum absolute atomic E-state index is 0.0602. The first-order valence-corrected chi connectivity index (χ1v) is 10.9. The molecular formula is C19H30N2O3S. The van der Waals surface area contributed by atoms with Crippen molar-refractivity contribution in [1.82, 2.24) is 4.90 Å². The van der Waals surface area contributed by atoms with Crippen molar-refractivity contribution < 1.29 is 13.2 Å². The Bertz CT molecular complexity index is 715. The lowest BCUT2D eigenvalue weighted by atomic mass is 9.99. The predicted octanol–water partition coefficient (Wildman–Crippen LogP) is 3.25. The van der Waals surface area contributed by atoms with Gasteiger partial charge in [-0.2, -0.15) is 0 Å². The summed E-state index contributed by atoms with van der Waals surface area (Å²) < 4.78 is 25.9. The molecule has 1 aromatic rings. The largest absolute Gasteiger partial charge is 0.340 e. The van der Waals surface area contributed by atoms with Gasteiger partial charge in [-0.15, -0.1) is 0 Å². The number of carbonyl (C=O) groups excluding carboxylic acids is 1. The summed E-state index contributed by atoms with van der Waals surface area (Å²) >= 11 is 0. The monoisotopic (exact) mass is 366 g/mol. The van der Waals surface area contributed by atoms with Crippen molar-refractivity contribution in [2.45, 2.75) is 58.9 Å². The van der Waals surface area contributed by atoms with Gasteiger partial charge in [0.2, 0.25) is 15.9 Å². The van der Waals surface area contributed by atoms with Gasteiger partial charge in [0.15, 0.2) is 0 Å². The molecule has 5 nitrogen and oxygen atoms in total. The van der Waals surface area contributed by atoms with Crippen molar-refractivity contribution in [3.63, 3.8) is 0 Å². The average molecular weight is 367 g/mol. The Morgan fingerprint density at radius 2 is 2.00 bits per heavy atom. The summed E-state index contributed by atoms with van der Waals surface area (Å²) in [6, 6.07) is 5.99. The highest BCUT2D eigenvalue weighted by molar-refractivity contribution is 7.92. The van der Waals surface area contributed by atoms with Crippen LogP contribution in [-0.2, 0) is 14.8 Å². The van der Waals surface area contributed by atoms with E-state index >= 15 is 0 Å². The van der Waals surface area contributed by atoms with E-state index in [2.05, 4.69) is 6.92 Å². The number of piperidine rings is 1. The number of carbonyl (C=O) groups is 1. The first kappa shape index (κ1) is 19.8. The van der Waals surface area contributed by atoms with Gasteiger partial charge in [0, 0.05) is 25.6 Å². The van der Waals surface area contributed by atoms with Gasteiger partial charge in [0.25, 0.3) is 0 Å². The molecule has 1 aliphatic heterocycles. The van der Waals surface area contributed by atoms with E-state index in [-0.39, 0.29) is 18.9 Å². The molecule has 1 aliphatic rings. The maximum atomic E-state index is 12.7. The predicted molar refractivity (Wildman–Crippen MR) is 102 cm³/mol. The normalized spacial score (nSPS) is 18.2. The van der Waals surface area contributed by atoms with Gasteiger partial charge in [-0.1, -0.05) is 24.6 Å². The Kier molecular flexibility index (Phi) is 6.49. The fourth-order valence-corrected chi connectivity index (χ4v) is 4.63. The molecule has 2 rings (SSSR count). The Hall–Kier alpha value is -1.56. The number of likely N-dealkylation sites (tertiary alicyclic amines) is 1. The van der Waals surface area contributed by atoms with E-state index in [1.165, 1.54) is 17.0 Å². The van der Waals surface area contributed by atoms with Gasteiger partial charge in [-0.3, -0.25) is 9.10 Å². The topological polar surface area (TPSA) is 57.7 Å². The zero-order valence-corrected chi connectivity index (χ0v) is 16.6. The number of anilines is 1. The van der Waals surface area contributed by atoms with Crippen molar-refractivity contribution >= 4 is 21.6 Å². The van der Waals surface area contributed by atoms with Crippen molar-refractivity contribution in [1.29, 1.82) is 0 Å². The van der Waals surface area contributed by atoms with Crippen LogP contribution in [0.25, 0.3) is 0 Å². The fraction of sp³-hybridized carbons (Fsp3) is 0.632. The second kappa shape index (κ2) is 8.21. The maximum absolute atomic E-state index is 12.7. The fourth-order valence-electron chi connectivity index (χ4n) is 3.64. The zero-order chi connectivity index (χ0) is 18.6. The quantitative estimate of drug-likeness (QED) is 0.776. The molecule has 0 N–H and O–H groups in total. The molecule has 0 aromatic heterocycles. The number of rotatable bonds is 6. The van der Waals surface area contributed by atoms with Gasteiger partial charge < -0.3 is 4.90 Å². The minimum atomic E-state index is -3.44. The standard InChI is InChI=1S/C19H30N2O3S/c1-5-17-8-6-7-12-20(17)19(22)11-13-21(25(4,23)24)18-10-9-15(2)14-16(18)3/h9-10,14,17H,5-8,11-13H2,1-4H3. The third kappa shape index (κ3) is 4.97. The van der Waals surface area contributed by atoms with Gasteiger partial charge in [-0.05, 0) is 51.2 Å². The van der Waals surface area contributed by atoms with Crippen LogP contribution in [-0.4, -0.2) is 44.6 Å². The lowest BCUT2D eigenvalue weighted by Crippen LogP contribution is -2.45. The average Bonchev–Trinajstić information content (AvgIpc) is 2.55. The summed E-state index contributed by atoms with van der Waals surface area (Å²) in [6.07, 6.45) is 5.63. The molecule has 1 saturated heterocycles. The number of amides is 1. The Balaban J connectivity index is 2.14. The van der Waals surface area contributed by atoms with Gasteiger partial charge >= 0.3 is 0 Å². The summed E-state index contributed by atoms with van der Waals surface area (Å²) in [4.78, 5) is 14.6. The molecule has 6 heteroatoms. The van der Waals surface area contributed by atoms with E-state index in [1.807, 2.05) is 36.9 Å². The molecule has 0 bridgehead atoms. The summed E-state index contributed by atoms with van der Waals surface area (Å²) in [7, 11) is -3.44. The van der Waals surface area contributed by atoms with E-state index in [4.69, 9.17) is 0 Å². The second-order valence-electron chi connectivity index (χ2n) is 7.02. The summed E-state index contributed by atoms with van der Waals surface area (Å²) in [5, 5.41) is 0. The SMILES string of the molecule is CCC1CCCCN1C(=O)CCN(c1ccc(C)cc1C)S(C)(=O)=O. The molecule has 1 fully saturated rings. The smallest absolute Gasteiger partial charge is 0.232 e. The molecular weight excluding hydrogens is 336 g/mol. The van der Waals surface area contributed by atoms with Crippen LogP contribution in [0, 0.1) is 13.8 Å². The number of hydrogen-bond acceptors (Lipinski definition) is 3. The molecule has 1 atom stereocenters. The second-order valence-corrected chi connectivity index (χ2v) is 8.93. The van der Waals surface area contributed by atoms with Crippen molar-refractivity contribution in [2.75, 3.05) is 23.7 Å². The van der Waals surface area contributed by atoms with Crippen LogP contribution in [0.15, 0.2) is 18.2 Å². The highest BCUT2D eigenvalue weighted by atomic mass is 32.2. The number of benzene rings is 1. The third-order valence-electron chi connectivity index (χ3n) is 4.97. The molecule has 25 heavy (non-hydrogen) atoms. The van der Waals surface area contributed by atoms with Crippen LogP contribution in [0.2, 0.25) is 0 Å². The summed E-state index contributed by atoms with van der Waals surface area (Å²) in [6.45, 7) is 6.97. The van der Waals surface area contributed by atoms with Crippen LogP contribution < -0.4 is 4.31 Å². The minimum Gasteiger partial charge on any atom is -0.340 e. The summed E-state index contributed by atoms with van der Waals surface area (Å²) in [5.41, 5.74) is 2.65. The number of nitrogens with zero attached hydrogens (tertiary/aromatic N) is 2. The number of sulfonamides is 1. The highest BCUT2D eigenvalue weighted by Gasteiger charge is 2.27. The van der Waals surface area contributed by atoms with Crippen molar-refractivity contribution in [3.8, 4) is 0 Å². The first-order chi connectivity index (χ1) is 11.7. The molecule has 0 saturated carbocycles. The maximum Gasteiger partial charge on any atom is 0.232 e. The zero-order valence-electron chi connectivity index (χ0n) is 15.8. The van der Waals surface area contributed by atoms with E-state index < -0.39 is 10.0 Å². The lowest BCUT2D eigenvalue weighted by Gasteiger charge is -2.36. The van der Waals surface area contributed by atoms with Crippen LogP contribution in [0.1, 0.15) is 50.2 Å². The highest BCUT2D eigenvalue weighted by Crippen LogP contribution is 2.25. The van der Waals surface area contributed by atoms with Gasteiger partial charge in [0.1, 0.15) is 0 Å². The first-order valence-electron chi connectivity index (χ1n) is 9.08. The molecule has 1 aromatic carbocycles. The molecule has 0 spiro atoms. The van der Waals surface area contributed by atoms with Gasteiger partial charge in [-0.25, -0.2) is 8.42 Å². The van der Waals surface area contributed by atoms with Gasteiger partial charge in [0.05, 0.1) is 11.9 Å². The molecule has 140 valence electrons. The number of hydrogen-bond donors (Lipinski definition) is 0. The van der Waals surface area contributed by atoms with Crippen LogP contribution in [0.4, 0.5) is 5.69 Å². The molecule has 1 heterocycles. The van der Waals surface area contributed by atoms with Crippen LogP contribution in [0.3, 0.4) is 0 Å². The van der Waals surface area contributed by atoms with E-state index in [1.54, 1.807) is 0 Å². The molecule has 0 radical (unpaired) electrons. The van der Waals surface area contributed by atoms with E-state index in [9.17, 15) is 13.2 Å². The molecule has 1 unspecified atom stereocenters.